The molecule has 7 nitrogen and oxygen atoms in total. The van der Waals surface area contributed by atoms with Crippen molar-refractivity contribution in [2.75, 3.05) is 13.2 Å². The summed E-state index contributed by atoms with van der Waals surface area (Å²) in [6, 6.07) is 0. The first-order valence-electron chi connectivity index (χ1n) is 7.68. The lowest BCUT2D eigenvalue weighted by Crippen LogP contribution is -2.29. The Morgan fingerprint density at radius 2 is 2.17 bits per heavy atom. The summed E-state index contributed by atoms with van der Waals surface area (Å²) in [5, 5.41) is 8.30. The molecule has 2 unspecified atom stereocenters. The highest BCUT2D eigenvalue weighted by atomic mass is 32.3. The fourth-order valence-corrected chi connectivity index (χ4v) is 7.71. The van der Waals surface area contributed by atoms with Gasteiger partial charge in [-0.25, -0.2) is 22.0 Å². The van der Waals surface area contributed by atoms with Crippen LogP contribution in [0, 0.1) is 0 Å². The van der Waals surface area contributed by atoms with Crippen LogP contribution in [0.3, 0.4) is 0 Å². The van der Waals surface area contributed by atoms with Crippen LogP contribution in [0.15, 0.2) is 32.6 Å². The third-order valence-corrected chi connectivity index (χ3v) is 9.48. The largest absolute Gasteiger partial charge is 0.385 e. The fourth-order valence-electron chi connectivity index (χ4n) is 2.99. The zero-order chi connectivity index (χ0) is 17.5. The molecule has 2 atom stereocenters. The van der Waals surface area contributed by atoms with Crippen LogP contribution in [-0.4, -0.2) is 40.7 Å². The molecule has 0 spiro atoms. The molecule has 134 valence electrons. The van der Waals surface area contributed by atoms with Gasteiger partial charge in [-0.1, -0.05) is 11.8 Å². The van der Waals surface area contributed by atoms with Crippen LogP contribution < -0.4 is 10.5 Å². The van der Waals surface area contributed by atoms with Gasteiger partial charge in [0.15, 0.2) is 9.84 Å². The highest BCUT2D eigenvalue weighted by Gasteiger charge is 2.44. The van der Waals surface area contributed by atoms with Crippen molar-refractivity contribution < 1.29 is 21.6 Å². The number of hydrogen-bond acceptors (Lipinski definition) is 7. The SMILES string of the molecule is CCNC1=C2C=C(S(N)(=O)=O)SC2S(=O)(=O)C(CC2CCCO2)=C1. The number of hydrogen-bond donors (Lipinski definition) is 2. The number of sulfonamides is 1. The molecule has 1 fully saturated rings. The first kappa shape index (κ1) is 18.0. The van der Waals surface area contributed by atoms with Gasteiger partial charge in [-0.05, 0) is 31.9 Å². The zero-order valence-corrected chi connectivity index (χ0v) is 15.6. The summed E-state index contributed by atoms with van der Waals surface area (Å²) >= 11 is 0.780. The molecule has 3 heterocycles. The number of likely N-dealkylation sites (N-methyl/N-ethyl adjacent to an activating group) is 1. The van der Waals surface area contributed by atoms with E-state index >= 15 is 0 Å². The summed E-state index contributed by atoms with van der Waals surface area (Å²) in [7, 11) is -7.60. The molecular weight excluding hydrogens is 372 g/mol. The van der Waals surface area contributed by atoms with E-state index in [1.165, 1.54) is 6.08 Å². The van der Waals surface area contributed by atoms with Gasteiger partial charge >= 0.3 is 0 Å². The fraction of sp³-hybridized carbons (Fsp3) is 0.571. The van der Waals surface area contributed by atoms with Gasteiger partial charge in [0.2, 0.25) is 10.0 Å². The molecule has 0 radical (unpaired) electrons. The lowest BCUT2D eigenvalue weighted by molar-refractivity contribution is 0.112. The molecule has 10 heteroatoms. The standard InChI is InChI=1S/C14H20N2O5S3/c1-2-16-12-7-10(6-9-4-3-5-21-9)23(17,18)14-11(12)8-13(22-14)24(15,19)20/h7-9,14,16H,2-6H2,1H3,(H2,15,19,20). The quantitative estimate of drug-likeness (QED) is 0.715. The Morgan fingerprint density at radius 1 is 1.42 bits per heavy atom. The number of ether oxygens (including phenoxy) is 1. The van der Waals surface area contributed by atoms with Crippen LogP contribution in [0.5, 0.6) is 0 Å². The Hall–Kier alpha value is -0.810. The molecule has 3 N–H and O–H groups in total. The predicted molar refractivity (Wildman–Crippen MR) is 93.9 cm³/mol. The summed E-state index contributed by atoms with van der Waals surface area (Å²) in [5.74, 6) is 0. The Kier molecular flexibility index (Phi) is 4.86. The minimum absolute atomic E-state index is 0.104. The van der Waals surface area contributed by atoms with E-state index in [9.17, 15) is 16.8 Å². The minimum atomic E-state index is -3.94. The molecule has 3 rings (SSSR count). The number of nitrogens with one attached hydrogen (secondary N) is 1. The third kappa shape index (κ3) is 3.30. The van der Waals surface area contributed by atoms with E-state index in [4.69, 9.17) is 9.88 Å². The summed E-state index contributed by atoms with van der Waals surface area (Å²) in [4.78, 5) is 0.288. The molecule has 0 aliphatic carbocycles. The lowest BCUT2D eigenvalue weighted by Gasteiger charge is -2.25. The van der Waals surface area contributed by atoms with Crippen LogP contribution in [0.25, 0.3) is 0 Å². The normalized spacial score (nSPS) is 29.2. The van der Waals surface area contributed by atoms with Gasteiger partial charge in [0.1, 0.15) is 8.82 Å². The Morgan fingerprint density at radius 3 is 2.75 bits per heavy atom. The van der Waals surface area contributed by atoms with Crippen LogP contribution >= 0.6 is 11.8 Å². The van der Waals surface area contributed by atoms with Gasteiger partial charge in [-0.15, -0.1) is 0 Å². The molecule has 3 aliphatic rings. The van der Waals surface area contributed by atoms with E-state index in [1.54, 1.807) is 6.08 Å². The molecule has 0 saturated carbocycles. The van der Waals surface area contributed by atoms with Crippen LogP contribution in [-0.2, 0) is 24.6 Å². The number of allylic oxidation sites excluding steroid dienone is 2. The van der Waals surface area contributed by atoms with Crippen molar-refractivity contribution in [1.29, 1.82) is 0 Å². The maximum atomic E-state index is 12.9. The average molecular weight is 393 g/mol. The first-order valence-corrected chi connectivity index (χ1v) is 11.7. The predicted octanol–water partition coefficient (Wildman–Crippen LogP) is 0.934. The first-order chi connectivity index (χ1) is 11.2. The second-order valence-electron chi connectivity index (χ2n) is 5.85. The number of sulfone groups is 1. The topological polar surface area (TPSA) is 116 Å². The number of fused-ring (bicyclic) bond motifs is 1. The number of thioether (sulfide) groups is 1. The third-order valence-electron chi connectivity index (χ3n) is 4.11. The summed E-state index contributed by atoms with van der Waals surface area (Å²) in [6.45, 7) is 3.14. The van der Waals surface area contributed by atoms with Crippen molar-refractivity contribution in [2.45, 2.75) is 36.9 Å². The summed E-state index contributed by atoms with van der Waals surface area (Å²) < 4.78 is 53.6. The molecule has 0 aromatic carbocycles. The second kappa shape index (κ2) is 6.49. The molecule has 1 saturated heterocycles. The summed E-state index contributed by atoms with van der Waals surface area (Å²) in [5.41, 5.74) is 1.08. The van der Waals surface area contributed by atoms with E-state index in [2.05, 4.69) is 5.32 Å². The van der Waals surface area contributed by atoms with Crippen molar-refractivity contribution in [3.63, 3.8) is 0 Å². The minimum Gasteiger partial charge on any atom is -0.385 e. The molecule has 3 aliphatic heterocycles. The van der Waals surface area contributed by atoms with Gasteiger partial charge in [0.05, 0.1) is 11.0 Å². The van der Waals surface area contributed by atoms with Gasteiger partial charge < -0.3 is 10.1 Å². The van der Waals surface area contributed by atoms with E-state index < -0.39 is 24.4 Å². The number of rotatable bonds is 5. The zero-order valence-electron chi connectivity index (χ0n) is 13.2. The molecule has 0 aromatic heterocycles. The molecule has 0 aromatic rings. The van der Waals surface area contributed by atoms with E-state index in [-0.39, 0.29) is 15.2 Å². The Balaban J connectivity index is 2.02. The summed E-state index contributed by atoms with van der Waals surface area (Å²) in [6.07, 6.45) is 4.93. The maximum Gasteiger partial charge on any atom is 0.244 e. The van der Waals surface area contributed by atoms with Gasteiger partial charge in [0, 0.05) is 30.8 Å². The van der Waals surface area contributed by atoms with Crippen LogP contribution in [0.4, 0.5) is 0 Å². The van der Waals surface area contributed by atoms with E-state index in [0.717, 1.165) is 24.6 Å². The number of primary sulfonamides is 1. The van der Waals surface area contributed by atoms with E-state index in [1.807, 2.05) is 6.92 Å². The van der Waals surface area contributed by atoms with Crippen molar-refractivity contribution >= 4 is 31.6 Å². The van der Waals surface area contributed by atoms with E-state index in [0.29, 0.717) is 30.8 Å². The highest BCUT2D eigenvalue weighted by Crippen LogP contribution is 2.47. The van der Waals surface area contributed by atoms with Gasteiger partial charge in [0.25, 0.3) is 0 Å². The molecule has 0 amide bonds. The van der Waals surface area contributed by atoms with Crippen molar-refractivity contribution in [3.8, 4) is 0 Å². The van der Waals surface area contributed by atoms with Crippen molar-refractivity contribution in [1.82, 2.24) is 5.32 Å². The Bertz CT molecular complexity index is 834. The smallest absolute Gasteiger partial charge is 0.244 e. The molecular formula is C14H20N2O5S3. The molecule has 24 heavy (non-hydrogen) atoms. The molecule has 0 bridgehead atoms. The van der Waals surface area contributed by atoms with Crippen molar-refractivity contribution in [3.05, 3.63) is 32.6 Å². The van der Waals surface area contributed by atoms with Gasteiger partial charge in [-0.3, -0.25) is 0 Å². The monoisotopic (exact) mass is 392 g/mol. The highest BCUT2D eigenvalue weighted by molar-refractivity contribution is 8.25. The number of nitrogens with two attached hydrogens (primary N) is 1. The second-order valence-corrected chi connectivity index (χ2v) is 11.2. The van der Waals surface area contributed by atoms with Gasteiger partial charge in [-0.2, -0.15) is 0 Å². The average Bonchev–Trinajstić information content (AvgIpc) is 3.13. The lowest BCUT2D eigenvalue weighted by atomic mass is 10.1. The Labute approximate surface area is 146 Å². The van der Waals surface area contributed by atoms with Crippen LogP contribution in [0.1, 0.15) is 26.2 Å². The van der Waals surface area contributed by atoms with Crippen molar-refractivity contribution in [2.24, 2.45) is 5.14 Å². The van der Waals surface area contributed by atoms with Crippen LogP contribution in [0.2, 0.25) is 0 Å². The maximum absolute atomic E-state index is 12.9.